The molecule has 0 saturated heterocycles. The summed E-state index contributed by atoms with van der Waals surface area (Å²) in [4.78, 5) is 17.2. The van der Waals surface area contributed by atoms with Crippen LogP contribution in [0.3, 0.4) is 0 Å². The average molecular weight is 385 g/mol. The third-order valence-corrected chi connectivity index (χ3v) is 5.26. The quantitative estimate of drug-likeness (QED) is 0.533. The first-order chi connectivity index (χ1) is 12.5. The van der Waals surface area contributed by atoms with Crippen LogP contribution in [0.5, 0.6) is 0 Å². The fourth-order valence-electron chi connectivity index (χ4n) is 2.51. The molecule has 26 heavy (non-hydrogen) atoms. The number of aryl methyl sites for hydroxylation is 1. The van der Waals surface area contributed by atoms with E-state index in [0.29, 0.717) is 16.4 Å². The number of rotatable bonds is 6. The molecular formula is C20H17ClN2O2S. The Balaban J connectivity index is 1.94. The highest BCUT2D eigenvalue weighted by molar-refractivity contribution is 8.00. The first kappa shape index (κ1) is 18.3. The van der Waals surface area contributed by atoms with Crippen molar-refractivity contribution in [3.63, 3.8) is 0 Å². The molecule has 0 aliphatic carbocycles. The van der Waals surface area contributed by atoms with E-state index in [-0.39, 0.29) is 0 Å². The largest absolute Gasteiger partial charge is 0.480 e. The molecule has 0 aliphatic rings. The molecule has 1 atom stereocenters. The molecule has 6 heteroatoms. The third kappa shape index (κ3) is 4.36. The number of thioether (sulfide) groups is 1. The first-order valence-corrected chi connectivity index (χ1v) is 9.23. The molecule has 0 spiro atoms. The lowest BCUT2D eigenvalue weighted by atomic mass is 10.1. The van der Waals surface area contributed by atoms with E-state index in [0.717, 1.165) is 16.1 Å². The molecule has 2 N–H and O–H groups in total. The normalized spacial score (nSPS) is 11.8. The molecule has 1 aromatic heterocycles. The molecule has 4 nitrogen and oxygen atoms in total. The second-order valence-electron chi connectivity index (χ2n) is 5.67. The van der Waals surface area contributed by atoms with Crippen molar-refractivity contribution in [2.24, 2.45) is 0 Å². The van der Waals surface area contributed by atoms with Gasteiger partial charge in [0.1, 0.15) is 11.1 Å². The number of carbonyl (C=O) groups is 1. The van der Waals surface area contributed by atoms with Crippen molar-refractivity contribution in [1.29, 1.82) is 0 Å². The van der Waals surface area contributed by atoms with Gasteiger partial charge in [-0.2, -0.15) is 0 Å². The Morgan fingerprint density at radius 3 is 2.62 bits per heavy atom. The molecule has 1 heterocycles. The van der Waals surface area contributed by atoms with Gasteiger partial charge in [-0.1, -0.05) is 35.9 Å². The average Bonchev–Trinajstić information content (AvgIpc) is 2.63. The number of anilines is 2. The molecular weight excluding hydrogens is 368 g/mol. The fraction of sp³-hybridized carbons (Fsp3) is 0.100. The number of hydrogen-bond acceptors (Lipinski definition) is 4. The molecule has 0 fully saturated rings. The summed E-state index contributed by atoms with van der Waals surface area (Å²) in [7, 11) is 0. The van der Waals surface area contributed by atoms with Crippen LogP contribution in [0.2, 0.25) is 5.02 Å². The van der Waals surface area contributed by atoms with Gasteiger partial charge in [-0.3, -0.25) is 4.79 Å². The SMILES string of the molecule is Cc1cc(Cl)ccc1Nc1ncccc1C(Sc1ccccc1)C(=O)O. The first-order valence-electron chi connectivity index (χ1n) is 7.97. The standard InChI is InChI=1S/C20H17ClN2O2S/c1-13-12-14(21)9-10-17(13)23-19-16(8-5-11-22-19)18(20(24)25)26-15-6-3-2-4-7-15/h2-12,18H,1H3,(H,22,23)(H,24,25). The second kappa shape index (κ2) is 8.25. The lowest BCUT2D eigenvalue weighted by Gasteiger charge is -2.17. The van der Waals surface area contributed by atoms with Crippen LogP contribution in [0, 0.1) is 6.92 Å². The molecule has 1 unspecified atom stereocenters. The number of aromatic nitrogens is 1. The Labute approximate surface area is 161 Å². The van der Waals surface area contributed by atoms with E-state index < -0.39 is 11.2 Å². The lowest BCUT2D eigenvalue weighted by molar-refractivity contribution is -0.136. The van der Waals surface area contributed by atoms with Crippen LogP contribution >= 0.6 is 23.4 Å². The van der Waals surface area contributed by atoms with Crippen LogP contribution in [0.4, 0.5) is 11.5 Å². The number of hydrogen-bond donors (Lipinski definition) is 2. The molecule has 0 saturated carbocycles. The van der Waals surface area contributed by atoms with Gasteiger partial charge in [0.05, 0.1) is 0 Å². The number of carboxylic acid groups (broad SMARTS) is 1. The van der Waals surface area contributed by atoms with Crippen LogP contribution in [-0.4, -0.2) is 16.1 Å². The number of nitrogens with zero attached hydrogens (tertiary/aromatic N) is 1. The van der Waals surface area contributed by atoms with Gasteiger partial charge in [0.15, 0.2) is 0 Å². The van der Waals surface area contributed by atoms with Gasteiger partial charge in [-0.05, 0) is 48.9 Å². The van der Waals surface area contributed by atoms with Gasteiger partial charge in [-0.25, -0.2) is 4.98 Å². The van der Waals surface area contributed by atoms with Crippen molar-refractivity contribution >= 4 is 40.8 Å². The predicted molar refractivity (Wildman–Crippen MR) is 106 cm³/mol. The monoisotopic (exact) mass is 384 g/mol. The van der Waals surface area contributed by atoms with Crippen LogP contribution in [-0.2, 0) is 4.79 Å². The van der Waals surface area contributed by atoms with Crippen LogP contribution in [0.25, 0.3) is 0 Å². The third-order valence-electron chi connectivity index (χ3n) is 3.78. The van der Waals surface area contributed by atoms with Crippen LogP contribution in [0.15, 0.2) is 71.8 Å². The molecule has 0 radical (unpaired) electrons. The second-order valence-corrected chi connectivity index (χ2v) is 7.29. The van der Waals surface area contributed by atoms with Gasteiger partial charge < -0.3 is 10.4 Å². The summed E-state index contributed by atoms with van der Waals surface area (Å²) >= 11 is 7.29. The maximum Gasteiger partial charge on any atom is 0.321 e. The minimum Gasteiger partial charge on any atom is -0.480 e. The van der Waals surface area contributed by atoms with Crippen molar-refractivity contribution in [1.82, 2.24) is 4.98 Å². The van der Waals surface area contributed by atoms with Crippen molar-refractivity contribution in [2.75, 3.05) is 5.32 Å². The van der Waals surface area contributed by atoms with E-state index in [2.05, 4.69) is 10.3 Å². The lowest BCUT2D eigenvalue weighted by Crippen LogP contribution is -2.11. The highest BCUT2D eigenvalue weighted by Crippen LogP contribution is 2.39. The maximum absolute atomic E-state index is 11.9. The minimum atomic E-state index is -0.914. The van der Waals surface area contributed by atoms with Crippen molar-refractivity contribution in [2.45, 2.75) is 17.1 Å². The summed E-state index contributed by atoms with van der Waals surface area (Å²) < 4.78 is 0. The summed E-state index contributed by atoms with van der Waals surface area (Å²) in [5.41, 5.74) is 2.41. The summed E-state index contributed by atoms with van der Waals surface area (Å²) in [5, 5.41) is 12.9. The number of halogens is 1. The highest BCUT2D eigenvalue weighted by Gasteiger charge is 2.25. The number of pyridine rings is 1. The van der Waals surface area contributed by atoms with Crippen LogP contribution in [0.1, 0.15) is 16.4 Å². The van der Waals surface area contributed by atoms with Gasteiger partial charge in [-0.15, -0.1) is 11.8 Å². The van der Waals surface area contributed by atoms with Gasteiger partial charge in [0, 0.05) is 27.4 Å². The number of nitrogens with one attached hydrogen (secondary N) is 1. The number of benzene rings is 2. The van der Waals surface area contributed by atoms with Crippen molar-refractivity contribution < 1.29 is 9.90 Å². The molecule has 3 aromatic rings. The number of carboxylic acids is 1. The Bertz CT molecular complexity index is 919. The van der Waals surface area contributed by atoms with E-state index in [4.69, 9.17) is 11.6 Å². The Morgan fingerprint density at radius 2 is 1.92 bits per heavy atom. The zero-order valence-corrected chi connectivity index (χ0v) is 15.6. The fourth-order valence-corrected chi connectivity index (χ4v) is 3.74. The Kier molecular flexibility index (Phi) is 5.81. The predicted octanol–water partition coefficient (Wildman–Crippen LogP) is 5.71. The van der Waals surface area contributed by atoms with E-state index in [1.54, 1.807) is 24.4 Å². The van der Waals surface area contributed by atoms with Crippen LogP contribution < -0.4 is 5.32 Å². The summed E-state index contributed by atoms with van der Waals surface area (Å²) in [6, 6.07) is 18.5. The van der Waals surface area contributed by atoms with E-state index in [1.165, 1.54) is 11.8 Å². The molecule has 2 aromatic carbocycles. The van der Waals surface area contributed by atoms with E-state index in [9.17, 15) is 9.90 Å². The van der Waals surface area contributed by atoms with E-state index >= 15 is 0 Å². The smallest absolute Gasteiger partial charge is 0.321 e. The van der Waals surface area contributed by atoms with E-state index in [1.807, 2.05) is 49.4 Å². The highest BCUT2D eigenvalue weighted by atomic mass is 35.5. The molecule has 132 valence electrons. The Hall–Kier alpha value is -2.50. The molecule has 3 rings (SSSR count). The molecule has 0 bridgehead atoms. The van der Waals surface area contributed by atoms with Crippen molar-refractivity contribution in [3.05, 3.63) is 83.0 Å². The van der Waals surface area contributed by atoms with Gasteiger partial charge in [0.25, 0.3) is 0 Å². The summed E-state index contributed by atoms with van der Waals surface area (Å²) in [5.74, 6) is -0.392. The van der Waals surface area contributed by atoms with Crippen molar-refractivity contribution in [3.8, 4) is 0 Å². The minimum absolute atomic E-state index is 0.522. The van der Waals surface area contributed by atoms with Gasteiger partial charge >= 0.3 is 5.97 Å². The molecule has 0 amide bonds. The summed E-state index contributed by atoms with van der Waals surface area (Å²) in [6.07, 6.45) is 1.64. The number of aliphatic carboxylic acids is 1. The zero-order chi connectivity index (χ0) is 18.5. The molecule has 0 aliphatic heterocycles. The van der Waals surface area contributed by atoms with Gasteiger partial charge in [0.2, 0.25) is 0 Å². The topological polar surface area (TPSA) is 62.2 Å². The summed E-state index contributed by atoms with van der Waals surface area (Å²) in [6.45, 7) is 1.93. The maximum atomic E-state index is 11.9. The zero-order valence-electron chi connectivity index (χ0n) is 14.0. The Morgan fingerprint density at radius 1 is 1.15 bits per heavy atom.